The summed E-state index contributed by atoms with van der Waals surface area (Å²) in [7, 11) is 0. The topological polar surface area (TPSA) is 79.3 Å². The van der Waals surface area contributed by atoms with Crippen LogP contribution in [0.4, 0.5) is 18.2 Å². The van der Waals surface area contributed by atoms with Crippen LogP contribution in [0.1, 0.15) is 25.7 Å². The van der Waals surface area contributed by atoms with Crippen LogP contribution in [0.15, 0.2) is 47.8 Å². The number of carboxylic acid groups (broad SMARTS) is 1. The lowest BCUT2D eigenvalue weighted by Crippen LogP contribution is -2.13. The molecule has 0 radical (unpaired) electrons. The first-order valence-electron chi connectivity index (χ1n) is 8.53. The highest BCUT2D eigenvalue weighted by molar-refractivity contribution is 7.20. The molecule has 0 aliphatic carbocycles. The average molecular weight is 483 g/mol. The first-order chi connectivity index (χ1) is 14.6. The molecule has 11 heteroatoms. The molecular weight excluding hydrogens is 473 g/mol. The number of aromatic nitrogens is 1. The third kappa shape index (κ3) is 4.27. The van der Waals surface area contributed by atoms with E-state index >= 15 is 0 Å². The number of carbonyl (C=O) groups excluding carboxylic acids is 1. The van der Waals surface area contributed by atoms with Gasteiger partial charge in [0.2, 0.25) is 0 Å². The number of hydrogen-bond donors (Lipinski definition) is 2. The Hall–Kier alpha value is -2.95. The molecule has 2 heterocycles. The number of carbonyl (C=O) groups is 2. The number of carboxylic acids is 1. The summed E-state index contributed by atoms with van der Waals surface area (Å²) in [6.07, 6.45) is -4.52. The van der Waals surface area contributed by atoms with E-state index in [9.17, 15) is 27.9 Å². The van der Waals surface area contributed by atoms with E-state index in [1.54, 1.807) is 29.6 Å². The molecule has 0 fully saturated rings. The zero-order valence-electron chi connectivity index (χ0n) is 15.2. The summed E-state index contributed by atoms with van der Waals surface area (Å²) >= 11 is 7.81. The number of amides is 1. The maximum absolute atomic E-state index is 12.9. The van der Waals surface area contributed by atoms with Crippen molar-refractivity contribution < 1.29 is 27.9 Å². The van der Waals surface area contributed by atoms with E-state index in [-0.39, 0.29) is 21.1 Å². The Balaban J connectivity index is 1.65. The summed E-state index contributed by atoms with van der Waals surface area (Å²) in [5.41, 5.74) is 0.0932. The van der Waals surface area contributed by atoms with Gasteiger partial charge in [-0.1, -0.05) is 23.7 Å². The van der Waals surface area contributed by atoms with Crippen LogP contribution in [0.5, 0.6) is 0 Å². The number of nitrogens with one attached hydrogen (secondary N) is 1. The average Bonchev–Trinajstić information content (AvgIpc) is 3.31. The summed E-state index contributed by atoms with van der Waals surface area (Å²) in [5.74, 6) is -1.94. The summed E-state index contributed by atoms with van der Waals surface area (Å²) in [5, 5.41) is 14.3. The van der Waals surface area contributed by atoms with Gasteiger partial charge < -0.3 is 10.4 Å². The molecule has 4 rings (SSSR count). The minimum Gasteiger partial charge on any atom is -0.478 e. The molecule has 1 amide bonds. The fraction of sp³-hybridized carbons (Fsp3) is 0.0500. The van der Waals surface area contributed by atoms with Crippen LogP contribution >= 0.6 is 34.3 Å². The van der Waals surface area contributed by atoms with Gasteiger partial charge in [-0.05, 0) is 35.9 Å². The maximum Gasteiger partial charge on any atom is 0.416 e. The third-order valence-electron chi connectivity index (χ3n) is 4.30. The smallest absolute Gasteiger partial charge is 0.416 e. The van der Waals surface area contributed by atoms with Crippen LogP contribution in [0.25, 0.3) is 21.3 Å². The van der Waals surface area contributed by atoms with Gasteiger partial charge in [-0.3, -0.25) is 4.79 Å². The van der Waals surface area contributed by atoms with Crippen molar-refractivity contribution >= 4 is 61.4 Å². The monoisotopic (exact) mass is 482 g/mol. The molecule has 2 N–H and O–H groups in total. The van der Waals surface area contributed by atoms with Gasteiger partial charge >= 0.3 is 12.1 Å². The lowest BCUT2D eigenvalue weighted by atomic mass is 10.0. The van der Waals surface area contributed by atoms with E-state index in [4.69, 9.17) is 11.6 Å². The SMILES string of the molecule is O=C(Nc1scc(-c2ccc(Cl)cc2)c1C(=O)O)c1nc2cc(C(F)(F)F)ccc2s1. The van der Waals surface area contributed by atoms with Crippen molar-refractivity contribution in [3.05, 3.63) is 69.0 Å². The highest BCUT2D eigenvalue weighted by atomic mass is 35.5. The van der Waals surface area contributed by atoms with Crippen LogP contribution in [0.3, 0.4) is 0 Å². The Morgan fingerprint density at radius 3 is 2.45 bits per heavy atom. The minimum atomic E-state index is -4.52. The first kappa shape index (κ1) is 21.3. The summed E-state index contributed by atoms with van der Waals surface area (Å²) in [6, 6.07) is 9.60. The number of thiophene rings is 1. The van der Waals surface area contributed by atoms with Crippen molar-refractivity contribution in [3.63, 3.8) is 0 Å². The fourth-order valence-electron chi connectivity index (χ4n) is 2.86. The van der Waals surface area contributed by atoms with Gasteiger partial charge in [0.15, 0.2) is 5.01 Å². The largest absolute Gasteiger partial charge is 0.478 e. The zero-order chi connectivity index (χ0) is 22.3. The van der Waals surface area contributed by atoms with E-state index in [0.29, 0.717) is 20.8 Å². The van der Waals surface area contributed by atoms with E-state index < -0.39 is 23.6 Å². The number of alkyl halides is 3. The lowest BCUT2D eigenvalue weighted by Gasteiger charge is -2.05. The van der Waals surface area contributed by atoms with E-state index in [1.807, 2.05) is 0 Å². The summed E-state index contributed by atoms with van der Waals surface area (Å²) in [4.78, 5) is 28.5. The molecule has 0 unspecified atom stereocenters. The summed E-state index contributed by atoms with van der Waals surface area (Å²) in [6.45, 7) is 0. The van der Waals surface area contributed by atoms with Crippen molar-refractivity contribution in [3.8, 4) is 11.1 Å². The molecule has 0 aliphatic rings. The number of thiazole rings is 1. The van der Waals surface area contributed by atoms with Crippen molar-refractivity contribution in [1.29, 1.82) is 0 Å². The molecule has 0 aliphatic heterocycles. The molecule has 5 nitrogen and oxygen atoms in total. The Labute approximate surface area is 185 Å². The van der Waals surface area contributed by atoms with E-state index in [2.05, 4.69) is 10.3 Å². The molecule has 0 spiro atoms. The molecule has 2 aromatic heterocycles. The normalized spacial score (nSPS) is 11.6. The molecular formula is C20H10ClF3N2O3S2. The predicted octanol–water partition coefficient (Wildman–Crippen LogP) is 6.65. The van der Waals surface area contributed by atoms with Crippen LogP contribution in [-0.4, -0.2) is 22.0 Å². The van der Waals surface area contributed by atoms with Crippen molar-refractivity contribution in [1.82, 2.24) is 4.98 Å². The second kappa shape index (κ2) is 7.95. The number of benzene rings is 2. The standard InChI is InChI=1S/C20H10ClF3N2O3S2/c21-11-4-1-9(2-5-11)12-8-30-17(15(12)19(28)29)26-16(27)18-25-13-7-10(20(22,23)24)3-6-14(13)31-18/h1-8H,(H,26,27)(H,28,29). The van der Waals surface area contributed by atoms with Crippen molar-refractivity contribution in [2.75, 3.05) is 5.32 Å². The van der Waals surface area contributed by atoms with Gasteiger partial charge in [0.05, 0.1) is 15.8 Å². The van der Waals surface area contributed by atoms with E-state index in [0.717, 1.165) is 34.8 Å². The summed E-state index contributed by atoms with van der Waals surface area (Å²) < 4.78 is 39.1. The van der Waals surface area contributed by atoms with Crippen LogP contribution in [0, 0.1) is 0 Å². The lowest BCUT2D eigenvalue weighted by molar-refractivity contribution is -0.137. The molecule has 158 valence electrons. The van der Waals surface area contributed by atoms with Gasteiger partial charge in [0.1, 0.15) is 10.6 Å². The zero-order valence-corrected chi connectivity index (χ0v) is 17.5. The predicted molar refractivity (Wildman–Crippen MR) is 114 cm³/mol. The van der Waals surface area contributed by atoms with Gasteiger partial charge in [-0.25, -0.2) is 9.78 Å². The highest BCUT2D eigenvalue weighted by Crippen LogP contribution is 2.37. The van der Waals surface area contributed by atoms with Gasteiger partial charge in [-0.15, -0.1) is 22.7 Å². The Morgan fingerprint density at radius 1 is 1.10 bits per heavy atom. The molecule has 2 aromatic carbocycles. The number of hydrogen-bond acceptors (Lipinski definition) is 5. The van der Waals surface area contributed by atoms with E-state index in [1.165, 1.54) is 6.07 Å². The van der Waals surface area contributed by atoms with Gasteiger partial charge in [0.25, 0.3) is 5.91 Å². The molecule has 0 saturated heterocycles. The quantitative estimate of drug-likeness (QED) is 0.341. The third-order valence-corrected chi connectivity index (χ3v) is 6.48. The second-order valence-electron chi connectivity index (χ2n) is 6.32. The fourth-order valence-corrected chi connectivity index (χ4v) is 4.79. The number of rotatable bonds is 4. The van der Waals surface area contributed by atoms with Crippen LogP contribution < -0.4 is 5.32 Å². The highest BCUT2D eigenvalue weighted by Gasteiger charge is 2.31. The number of aromatic carboxylic acids is 1. The Kier molecular flexibility index (Phi) is 5.46. The Bertz CT molecular complexity index is 1310. The number of halogens is 4. The van der Waals surface area contributed by atoms with Crippen molar-refractivity contribution in [2.24, 2.45) is 0 Å². The molecule has 0 bridgehead atoms. The number of anilines is 1. The maximum atomic E-state index is 12.9. The second-order valence-corrected chi connectivity index (χ2v) is 8.67. The number of fused-ring (bicyclic) bond motifs is 1. The minimum absolute atomic E-state index is 0.0384. The molecule has 0 atom stereocenters. The number of nitrogens with zero attached hydrogens (tertiary/aromatic N) is 1. The first-order valence-corrected chi connectivity index (χ1v) is 10.6. The van der Waals surface area contributed by atoms with Crippen molar-refractivity contribution in [2.45, 2.75) is 6.18 Å². The van der Waals surface area contributed by atoms with Crippen LogP contribution in [-0.2, 0) is 6.18 Å². The molecule has 0 saturated carbocycles. The molecule has 4 aromatic rings. The van der Waals surface area contributed by atoms with Crippen LogP contribution in [0.2, 0.25) is 5.02 Å². The van der Waals surface area contributed by atoms with Gasteiger partial charge in [0, 0.05) is 16.0 Å². The molecule has 31 heavy (non-hydrogen) atoms. The van der Waals surface area contributed by atoms with Gasteiger partial charge in [-0.2, -0.15) is 13.2 Å². The Morgan fingerprint density at radius 2 is 1.81 bits per heavy atom.